The van der Waals surface area contributed by atoms with Crippen molar-refractivity contribution in [2.24, 2.45) is 5.84 Å². The van der Waals surface area contributed by atoms with Crippen LogP contribution >= 0.6 is 11.3 Å². The van der Waals surface area contributed by atoms with Gasteiger partial charge in [0.1, 0.15) is 6.61 Å². The lowest BCUT2D eigenvalue weighted by Crippen LogP contribution is -2.29. The Bertz CT molecular complexity index is 332. The molecule has 0 saturated heterocycles. The zero-order valence-corrected chi connectivity index (χ0v) is 8.39. The van der Waals surface area contributed by atoms with Crippen LogP contribution in [0, 0.1) is 0 Å². The molecule has 0 saturated carbocycles. The van der Waals surface area contributed by atoms with Crippen molar-refractivity contribution in [3.05, 3.63) is 16.1 Å². The van der Waals surface area contributed by atoms with E-state index in [1.165, 1.54) is 0 Å². The second-order valence-electron chi connectivity index (χ2n) is 2.52. The number of hydrogen-bond donors (Lipinski definition) is 2. The summed E-state index contributed by atoms with van der Waals surface area (Å²) in [6.07, 6.45) is -2.50. The molecule has 1 aromatic heterocycles. The average molecular weight is 237 g/mol. The summed E-state index contributed by atoms with van der Waals surface area (Å²) >= 11 is 1.07. The van der Waals surface area contributed by atoms with Crippen LogP contribution < -0.4 is 11.3 Å². The van der Waals surface area contributed by atoms with E-state index in [2.05, 4.69) is 9.72 Å². The summed E-state index contributed by atoms with van der Waals surface area (Å²) < 4.78 is 28.0. The first-order valence-electron chi connectivity index (χ1n) is 3.94. The van der Waals surface area contributed by atoms with Crippen LogP contribution in [0.4, 0.5) is 8.78 Å². The number of nitrogens with one attached hydrogen (secondary N) is 1. The number of carbonyl (C=O) groups excluding carboxylic acids is 1. The molecule has 0 bridgehead atoms. The number of thiazole rings is 1. The van der Waals surface area contributed by atoms with Gasteiger partial charge in [0, 0.05) is 5.38 Å². The molecule has 3 N–H and O–H groups in total. The van der Waals surface area contributed by atoms with Gasteiger partial charge in [0.25, 0.3) is 12.3 Å². The average Bonchev–Trinajstić information content (AvgIpc) is 2.65. The molecule has 8 heteroatoms. The number of ether oxygens (including phenoxy) is 1. The maximum atomic E-state index is 11.7. The monoisotopic (exact) mass is 237 g/mol. The molecule has 0 spiro atoms. The molecule has 15 heavy (non-hydrogen) atoms. The van der Waals surface area contributed by atoms with Gasteiger partial charge in [-0.25, -0.2) is 19.6 Å². The summed E-state index contributed by atoms with van der Waals surface area (Å²) in [6, 6.07) is 0. The Labute approximate surface area is 88.2 Å². The van der Waals surface area contributed by atoms with E-state index >= 15 is 0 Å². The topological polar surface area (TPSA) is 77.2 Å². The van der Waals surface area contributed by atoms with Crippen molar-refractivity contribution in [1.82, 2.24) is 10.4 Å². The van der Waals surface area contributed by atoms with Crippen molar-refractivity contribution in [3.8, 4) is 0 Å². The number of carbonyl (C=O) groups is 1. The summed E-state index contributed by atoms with van der Waals surface area (Å²) in [5, 5.41) is 1.73. The molecule has 0 aliphatic heterocycles. The minimum Gasteiger partial charge on any atom is -0.369 e. The highest BCUT2D eigenvalue weighted by molar-refractivity contribution is 7.11. The number of amides is 1. The van der Waals surface area contributed by atoms with E-state index in [0.29, 0.717) is 5.69 Å². The van der Waals surface area contributed by atoms with Crippen molar-refractivity contribution in [2.75, 3.05) is 6.61 Å². The van der Waals surface area contributed by atoms with Crippen LogP contribution in [0.3, 0.4) is 0 Å². The number of nitrogen functional groups attached to an aromatic ring is 1. The molecule has 84 valence electrons. The highest BCUT2D eigenvalue weighted by atomic mass is 32.1. The quantitative estimate of drug-likeness (QED) is 0.445. The number of nitrogens with zero attached hydrogens (tertiary/aromatic N) is 1. The van der Waals surface area contributed by atoms with Gasteiger partial charge in [-0.05, 0) is 0 Å². The van der Waals surface area contributed by atoms with Gasteiger partial charge in [0.15, 0.2) is 5.01 Å². The highest BCUT2D eigenvalue weighted by Crippen LogP contribution is 2.10. The zero-order valence-electron chi connectivity index (χ0n) is 7.57. The standard InChI is InChI=1S/C7H9F2N3O2S/c8-5(9)2-14-1-4-3-15-7(11-4)6(13)12-10/h3,5H,1-2,10H2,(H,12,13). The second-order valence-corrected chi connectivity index (χ2v) is 3.38. The van der Waals surface area contributed by atoms with Gasteiger partial charge in [-0.2, -0.15) is 0 Å². The number of hydrazine groups is 1. The minimum absolute atomic E-state index is 0.0430. The number of alkyl halides is 2. The van der Waals surface area contributed by atoms with Gasteiger partial charge in [0.2, 0.25) is 0 Å². The summed E-state index contributed by atoms with van der Waals surface area (Å²) in [4.78, 5) is 14.8. The molecule has 0 aliphatic carbocycles. The number of rotatable bonds is 5. The normalized spacial score (nSPS) is 10.7. The van der Waals surface area contributed by atoms with Gasteiger partial charge in [-0.3, -0.25) is 10.2 Å². The fraction of sp³-hybridized carbons (Fsp3) is 0.429. The molecule has 1 rings (SSSR count). The van der Waals surface area contributed by atoms with Gasteiger partial charge in [-0.15, -0.1) is 11.3 Å². The Morgan fingerprint density at radius 1 is 1.73 bits per heavy atom. The summed E-state index contributed by atoms with van der Waals surface area (Å²) in [7, 11) is 0. The molecular formula is C7H9F2N3O2S. The number of nitrogens with two attached hydrogens (primary N) is 1. The molecule has 0 aliphatic rings. The molecule has 5 nitrogen and oxygen atoms in total. The third-order valence-corrected chi connectivity index (χ3v) is 2.26. The van der Waals surface area contributed by atoms with Crippen molar-refractivity contribution < 1.29 is 18.3 Å². The number of aromatic nitrogens is 1. The van der Waals surface area contributed by atoms with Crippen LogP contribution in [0.1, 0.15) is 15.5 Å². The Morgan fingerprint density at radius 3 is 3.07 bits per heavy atom. The first-order chi connectivity index (χ1) is 7.13. The summed E-state index contributed by atoms with van der Waals surface area (Å²) in [6.45, 7) is -0.686. The van der Waals surface area contributed by atoms with Crippen LogP contribution in [-0.2, 0) is 11.3 Å². The molecule has 0 radical (unpaired) electrons. The molecule has 0 fully saturated rings. The Balaban J connectivity index is 2.43. The van der Waals surface area contributed by atoms with Crippen molar-refractivity contribution in [2.45, 2.75) is 13.0 Å². The maximum absolute atomic E-state index is 11.7. The van der Waals surface area contributed by atoms with Crippen LogP contribution in [0.5, 0.6) is 0 Å². The first-order valence-corrected chi connectivity index (χ1v) is 4.82. The predicted octanol–water partition coefficient (Wildman–Crippen LogP) is 0.528. The van der Waals surface area contributed by atoms with Crippen LogP contribution in [0.2, 0.25) is 0 Å². The van der Waals surface area contributed by atoms with E-state index in [-0.39, 0.29) is 11.6 Å². The van der Waals surface area contributed by atoms with Gasteiger partial charge >= 0.3 is 0 Å². The van der Waals surface area contributed by atoms with Crippen molar-refractivity contribution >= 4 is 17.2 Å². The summed E-state index contributed by atoms with van der Waals surface area (Å²) in [5.41, 5.74) is 2.35. The predicted molar refractivity (Wildman–Crippen MR) is 49.4 cm³/mol. The molecule has 1 amide bonds. The van der Waals surface area contributed by atoms with E-state index in [1.54, 1.807) is 5.38 Å². The van der Waals surface area contributed by atoms with E-state index in [0.717, 1.165) is 11.3 Å². The molecule has 0 aromatic carbocycles. The number of hydrogen-bond acceptors (Lipinski definition) is 5. The van der Waals surface area contributed by atoms with E-state index in [4.69, 9.17) is 5.84 Å². The van der Waals surface area contributed by atoms with Gasteiger partial charge in [-0.1, -0.05) is 0 Å². The Hall–Kier alpha value is -1.12. The van der Waals surface area contributed by atoms with Crippen molar-refractivity contribution in [3.63, 3.8) is 0 Å². The lowest BCUT2D eigenvalue weighted by atomic mass is 10.5. The van der Waals surface area contributed by atoms with Crippen molar-refractivity contribution in [1.29, 1.82) is 0 Å². The molecule has 0 unspecified atom stereocenters. The highest BCUT2D eigenvalue weighted by Gasteiger charge is 2.10. The smallest absolute Gasteiger partial charge is 0.294 e. The third kappa shape index (κ3) is 3.86. The first kappa shape index (κ1) is 12.0. The fourth-order valence-corrected chi connectivity index (χ4v) is 1.50. The van der Waals surface area contributed by atoms with E-state index in [1.807, 2.05) is 5.43 Å². The Kier molecular flexibility index (Phi) is 4.53. The van der Waals surface area contributed by atoms with Crippen LogP contribution in [0.25, 0.3) is 0 Å². The van der Waals surface area contributed by atoms with E-state index < -0.39 is 18.9 Å². The molecule has 1 aromatic rings. The lowest BCUT2D eigenvalue weighted by Gasteiger charge is -1.99. The van der Waals surface area contributed by atoms with Crippen LogP contribution in [-0.4, -0.2) is 23.9 Å². The number of halogens is 2. The van der Waals surface area contributed by atoms with Gasteiger partial charge < -0.3 is 4.74 Å². The largest absolute Gasteiger partial charge is 0.369 e. The summed E-state index contributed by atoms with van der Waals surface area (Å²) in [5.74, 6) is 4.38. The maximum Gasteiger partial charge on any atom is 0.294 e. The fourth-order valence-electron chi connectivity index (χ4n) is 0.792. The second kappa shape index (κ2) is 5.69. The van der Waals surface area contributed by atoms with Gasteiger partial charge in [0.05, 0.1) is 12.3 Å². The molecular weight excluding hydrogens is 228 g/mol. The lowest BCUT2D eigenvalue weighted by molar-refractivity contribution is 0.00894. The SMILES string of the molecule is NNC(=O)c1nc(COCC(F)F)cs1. The molecule has 0 atom stereocenters. The van der Waals surface area contributed by atoms with E-state index in [9.17, 15) is 13.6 Å². The minimum atomic E-state index is -2.50. The van der Waals surface area contributed by atoms with Crippen LogP contribution in [0.15, 0.2) is 5.38 Å². The molecule has 1 heterocycles. The third-order valence-electron chi connectivity index (χ3n) is 1.37. The zero-order chi connectivity index (χ0) is 11.3. The Morgan fingerprint density at radius 2 is 2.47 bits per heavy atom.